The minimum atomic E-state index is -2.28. The average Bonchev–Trinajstić information content (AvgIpc) is 3.14. The zero-order valence-electron chi connectivity index (χ0n) is 17.3. The molecule has 0 spiro atoms. The molecular weight excluding hydrogens is 426 g/mol. The largest absolute Gasteiger partial charge is 0.465 e. The molecule has 0 aromatic heterocycles. The van der Waals surface area contributed by atoms with Crippen molar-refractivity contribution in [1.82, 2.24) is 4.90 Å². The van der Waals surface area contributed by atoms with Crippen molar-refractivity contribution < 1.29 is 33.0 Å². The summed E-state index contributed by atoms with van der Waals surface area (Å²) in [6.45, 7) is 5.58. The average molecular weight is 448 g/mol. The predicted molar refractivity (Wildman–Crippen MR) is 112 cm³/mol. The summed E-state index contributed by atoms with van der Waals surface area (Å²) in [6.07, 6.45) is -0.915. The van der Waals surface area contributed by atoms with Crippen LogP contribution < -0.4 is 20.0 Å². The summed E-state index contributed by atoms with van der Waals surface area (Å²) in [4.78, 5) is 25.9. The molecule has 2 amide bonds. The minimum absolute atomic E-state index is 0.0489. The lowest BCUT2D eigenvalue weighted by molar-refractivity contribution is -0.121. The van der Waals surface area contributed by atoms with Gasteiger partial charge in [-0.2, -0.15) is 0 Å². The van der Waals surface area contributed by atoms with E-state index in [0.29, 0.717) is 29.0 Å². The fourth-order valence-corrected chi connectivity index (χ4v) is 5.73. The molecule has 0 saturated heterocycles. The molecule has 164 valence electrons. The Morgan fingerprint density at radius 3 is 2.45 bits per heavy atom. The summed E-state index contributed by atoms with van der Waals surface area (Å²) in [7, 11) is -2.28. The van der Waals surface area contributed by atoms with E-state index in [2.05, 4.69) is 5.32 Å². The summed E-state index contributed by atoms with van der Waals surface area (Å²) in [6, 6.07) is 4.19. The number of halogens is 2. The number of ether oxygens (including phenoxy) is 2. The van der Waals surface area contributed by atoms with Crippen LogP contribution in [0.3, 0.4) is 0 Å². The number of anilines is 1. The van der Waals surface area contributed by atoms with Crippen molar-refractivity contribution in [3.05, 3.63) is 47.0 Å². The van der Waals surface area contributed by atoms with Crippen LogP contribution in [-0.2, 0) is 11.2 Å². The van der Waals surface area contributed by atoms with Gasteiger partial charge in [0, 0.05) is 23.0 Å². The Morgan fingerprint density at radius 1 is 1.16 bits per heavy atom. The van der Waals surface area contributed by atoms with Gasteiger partial charge in [-0.05, 0) is 30.2 Å². The molecule has 2 heterocycles. The van der Waals surface area contributed by atoms with Crippen LogP contribution in [-0.4, -0.2) is 43.4 Å². The maximum absolute atomic E-state index is 14.6. The predicted octanol–water partition coefficient (Wildman–Crippen LogP) is 3.45. The summed E-state index contributed by atoms with van der Waals surface area (Å²) >= 11 is 0. The Bertz CT molecular complexity index is 1060. The van der Waals surface area contributed by atoms with E-state index in [-0.39, 0.29) is 24.2 Å². The zero-order valence-corrected chi connectivity index (χ0v) is 18.3. The number of hydrogen-bond donors (Lipinski definition) is 2. The Kier molecular flexibility index (Phi) is 5.12. The lowest BCUT2D eigenvalue weighted by Gasteiger charge is -2.34. The van der Waals surface area contributed by atoms with Crippen LogP contribution in [0.25, 0.3) is 0 Å². The van der Waals surface area contributed by atoms with Crippen LogP contribution in [0.5, 0.6) is 11.5 Å². The third kappa shape index (κ3) is 3.71. The van der Waals surface area contributed by atoms with E-state index in [1.54, 1.807) is 12.1 Å². The SMILES string of the molecule is C[Si](C)(C)c1c(F)cc(NC(=O)C2c3ccc4c(c3CCN2C(=O)O)OCO4)cc1F. The Hall–Kier alpha value is -3.14. The Balaban J connectivity index is 1.70. The van der Waals surface area contributed by atoms with Crippen LogP contribution in [0.2, 0.25) is 19.6 Å². The quantitative estimate of drug-likeness (QED) is 0.703. The van der Waals surface area contributed by atoms with Crippen LogP contribution in [0.1, 0.15) is 17.2 Å². The van der Waals surface area contributed by atoms with E-state index >= 15 is 0 Å². The summed E-state index contributed by atoms with van der Waals surface area (Å²) in [5.41, 5.74) is 1.08. The monoisotopic (exact) mass is 448 g/mol. The molecule has 0 fully saturated rings. The van der Waals surface area contributed by atoms with E-state index in [9.17, 15) is 23.5 Å². The first-order valence-electron chi connectivity index (χ1n) is 9.79. The standard InChI is InChI=1S/C21H22F2N2O5Si/c1-31(2,3)19-14(22)8-11(9-15(19)23)24-20(26)17-12-4-5-16-18(30-10-29-16)13(12)6-7-25(17)21(27)28/h4-5,8-9,17H,6-7,10H2,1-3H3,(H,24,26)(H,27,28). The molecule has 10 heteroatoms. The van der Waals surface area contributed by atoms with Crippen molar-refractivity contribution in [1.29, 1.82) is 0 Å². The van der Waals surface area contributed by atoms with Gasteiger partial charge < -0.3 is 19.9 Å². The fourth-order valence-electron chi connectivity index (χ4n) is 4.15. The second-order valence-corrected chi connectivity index (χ2v) is 13.5. The fraction of sp³-hybridized carbons (Fsp3) is 0.333. The number of hydrogen-bond acceptors (Lipinski definition) is 4. The van der Waals surface area contributed by atoms with Gasteiger partial charge >= 0.3 is 6.09 Å². The Labute approximate surface area is 178 Å². The molecule has 0 radical (unpaired) electrons. The number of nitrogens with zero attached hydrogens (tertiary/aromatic N) is 1. The van der Waals surface area contributed by atoms with E-state index in [1.165, 1.54) is 0 Å². The topological polar surface area (TPSA) is 88.1 Å². The van der Waals surface area contributed by atoms with Crippen molar-refractivity contribution >= 4 is 30.9 Å². The number of amides is 2. The molecule has 1 unspecified atom stereocenters. The highest BCUT2D eigenvalue weighted by molar-refractivity contribution is 6.88. The summed E-state index contributed by atoms with van der Waals surface area (Å²) < 4.78 is 40.1. The smallest absolute Gasteiger partial charge is 0.408 e. The summed E-state index contributed by atoms with van der Waals surface area (Å²) in [5, 5.41) is 12.2. The zero-order chi connectivity index (χ0) is 22.5. The van der Waals surface area contributed by atoms with Crippen molar-refractivity contribution in [2.75, 3.05) is 18.7 Å². The molecule has 31 heavy (non-hydrogen) atoms. The molecule has 4 rings (SSSR count). The first-order valence-corrected chi connectivity index (χ1v) is 13.3. The molecule has 0 bridgehead atoms. The highest BCUT2D eigenvalue weighted by Gasteiger charge is 2.39. The molecule has 2 aliphatic rings. The molecule has 2 aliphatic heterocycles. The van der Waals surface area contributed by atoms with Gasteiger partial charge in [0.1, 0.15) is 17.7 Å². The molecular formula is C21H22F2N2O5Si. The first kappa shape index (κ1) is 21.1. The van der Waals surface area contributed by atoms with Gasteiger partial charge in [0.25, 0.3) is 5.91 Å². The van der Waals surface area contributed by atoms with Gasteiger partial charge in [0.05, 0.1) is 8.07 Å². The van der Waals surface area contributed by atoms with Crippen molar-refractivity contribution in [2.45, 2.75) is 32.1 Å². The number of benzene rings is 2. The van der Waals surface area contributed by atoms with E-state index in [4.69, 9.17) is 9.47 Å². The maximum atomic E-state index is 14.6. The maximum Gasteiger partial charge on any atom is 0.408 e. The summed E-state index contributed by atoms with van der Waals surface area (Å²) in [5.74, 6) is -1.12. The van der Waals surface area contributed by atoms with Gasteiger partial charge in [-0.15, -0.1) is 0 Å². The van der Waals surface area contributed by atoms with Crippen molar-refractivity contribution in [2.24, 2.45) is 0 Å². The van der Waals surface area contributed by atoms with E-state index in [0.717, 1.165) is 17.0 Å². The molecule has 2 aromatic carbocycles. The minimum Gasteiger partial charge on any atom is -0.465 e. The number of rotatable bonds is 3. The number of carbonyl (C=O) groups excluding carboxylic acids is 1. The number of carbonyl (C=O) groups is 2. The normalized spacial score (nSPS) is 17.3. The molecule has 7 nitrogen and oxygen atoms in total. The van der Waals surface area contributed by atoms with Gasteiger partial charge in [-0.3, -0.25) is 9.69 Å². The number of carboxylic acid groups (broad SMARTS) is 1. The van der Waals surface area contributed by atoms with E-state index in [1.807, 2.05) is 19.6 Å². The lowest BCUT2D eigenvalue weighted by atomic mass is 9.91. The third-order valence-electron chi connectivity index (χ3n) is 5.44. The molecule has 1 atom stereocenters. The molecule has 0 aliphatic carbocycles. The van der Waals surface area contributed by atoms with Crippen LogP contribution in [0.4, 0.5) is 19.3 Å². The Morgan fingerprint density at radius 2 is 1.84 bits per heavy atom. The lowest BCUT2D eigenvalue weighted by Crippen LogP contribution is -2.45. The number of fused-ring (bicyclic) bond motifs is 3. The van der Waals surface area contributed by atoms with Gasteiger partial charge in [-0.1, -0.05) is 25.7 Å². The van der Waals surface area contributed by atoms with Crippen molar-refractivity contribution in [3.63, 3.8) is 0 Å². The van der Waals surface area contributed by atoms with Crippen LogP contribution >= 0.6 is 0 Å². The highest BCUT2D eigenvalue weighted by atomic mass is 28.3. The third-order valence-corrected chi connectivity index (χ3v) is 7.42. The second-order valence-electron chi connectivity index (χ2n) is 8.55. The molecule has 2 N–H and O–H groups in total. The van der Waals surface area contributed by atoms with Gasteiger partial charge in [0.2, 0.25) is 6.79 Å². The van der Waals surface area contributed by atoms with Gasteiger partial charge in [0.15, 0.2) is 11.5 Å². The first-order chi connectivity index (χ1) is 14.6. The van der Waals surface area contributed by atoms with Crippen LogP contribution in [0.15, 0.2) is 24.3 Å². The number of nitrogens with one attached hydrogen (secondary N) is 1. The molecule has 2 aromatic rings. The highest BCUT2D eigenvalue weighted by Crippen LogP contribution is 2.43. The van der Waals surface area contributed by atoms with Crippen LogP contribution in [0, 0.1) is 11.6 Å². The molecule has 0 saturated carbocycles. The van der Waals surface area contributed by atoms with E-state index < -0.39 is 37.8 Å². The van der Waals surface area contributed by atoms with Crippen molar-refractivity contribution in [3.8, 4) is 11.5 Å². The second kappa shape index (κ2) is 7.52. The van der Waals surface area contributed by atoms with Gasteiger partial charge in [-0.25, -0.2) is 13.6 Å².